The number of rotatable bonds is 1. The number of phenolic OH excluding ortho intramolecular Hbond substituents is 1. The molecule has 1 aliphatic heterocycles. The Hall–Kier alpha value is -2.49. The summed E-state index contributed by atoms with van der Waals surface area (Å²) in [7, 11) is 1.29. The summed E-state index contributed by atoms with van der Waals surface area (Å²) in [5.74, 6) is -0.0395. The standard InChI is InChI=1S/C15H12O4/c1-18-15(17)12-11-7-4-8-19-14(11)10-6-3-2-5-9(10)13(12)16/h2-7,16H,8H2,1H3. The molecule has 2 aromatic rings. The average molecular weight is 256 g/mol. The summed E-state index contributed by atoms with van der Waals surface area (Å²) in [5.41, 5.74) is 0.710. The lowest BCUT2D eigenvalue weighted by molar-refractivity contribution is 0.0597. The Morgan fingerprint density at radius 3 is 2.79 bits per heavy atom. The molecule has 0 amide bonds. The number of ether oxygens (including phenoxy) is 2. The molecule has 96 valence electrons. The number of phenols is 1. The highest BCUT2D eigenvalue weighted by molar-refractivity contribution is 6.08. The Bertz CT molecular complexity index is 701. The maximum absolute atomic E-state index is 11.9. The van der Waals surface area contributed by atoms with Gasteiger partial charge in [0.1, 0.15) is 23.7 Å². The molecule has 0 radical (unpaired) electrons. The predicted octanol–water partition coefficient (Wildman–Crippen LogP) is 2.74. The van der Waals surface area contributed by atoms with Gasteiger partial charge in [0, 0.05) is 16.3 Å². The van der Waals surface area contributed by atoms with Gasteiger partial charge >= 0.3 is 5.97 Å². The molecule has 1 aliphatic rings. The van der Waals surface area contributed by atoms with Gasteiger partial charge in [-0.05, 0) is 6.08 Å². The highest BCUT2D eigenvalue weighted by Crippen LogP contribution is 2.42. The molecule has 19 heavy (non-hydrogen) atoms. The maximum Gasteiger partial charge on any atom is 0.342 e. The fourth-order valence-electron chi connectivity index (χ4n) is 2.33. The lowest BCUT2D eigenvalue weighted by Gasteiger charge is -2.19. The highest BCUT2D eigenvalue weighted by Gasteiger charge is 2.25. The normalized spacial score (nSPS) is 12.9. The maximum atomic E-state index is 11.9. The van der Waals surface area contributed by atoms with Crippen LogP contribution in [0.15, 0.2) is 30.3 Å². The van der Waals surface area contributed by atoms with Gasteiger partial charge in [-0.1, -0.05) is 30.3 Å². The van der Waals surface area contributed by atoms with Gasteiger partial charge in [0.05, 0.1) is 7.11 Å². The van der Waals surface area contributed by atoms with Crippen LogP contribution in [0.3, 0.4) is 0 Å². The summed E-state index contributed by atoms with van der Waals surface area (Å²) >= 11 is 0. The van der Waals surface area contributed by atoms with Crippen LogP contribution in [0.5, 0.6) is 11.5 Å². The molecule has 0 spiro atoms. The van der Waals surface area contributed by atoms with Crippen LogP contribution in [-0.2, 0) is 4.74 Å². The molecule has 2 aromatic carbocycles. The first-order valence-corrected chi connectivity index (χ1v) is 5.89. The minimum absolute atomic E-state index is 0.0728. The van der Waals surface area contributed by atoms with E-state index in [2.05, 4.69) is 0 Å². The van der Waals surface area contributed by atoms with Crippen molar-refractivity contribution >= 4 is 22.8 Å². The first kappa shape index (κ1) is 11.6. The Labute approximate surface area is 109 Å². The van der Waals surface area contributed by atoms with Crippen molar-refractivity contribution in [3.8, 4) is 11.5 Å². The molecule has 0 bridgehead atoms. The number of benzene rings is 2. The molecule has 0 aliphatic carbocycles. The van der Waals surface area contributed by atoms with Gasteiger partial charge < -0.3 is 14.6 Å². The summed E-state index contributed by atoms with van der Waals surface area (Å²) in [4.78, 5) is 11.9. The van der Waals surface area contributed by atoms with Crippen LogP contribution in [0.4, 0.5) is 0 Å². The Morgan fingerprint density at radius 2 is 2.05 bits per heavy atom. The van der Waals surface area contributed by atoms with E-state index < -0.39 is 5.97 Å². The van der Waals surface area contributed by atoms with Gasteiger partial charge in [0.25, 0.3) is 0 Å². The molecular weight excluding hydrogens is 244 g/mol. The lowest BCUT2D eigenvalue weighted by Crippen LogP contribution is -2.10. The summed E-state index contributed by atoms with van der Waals surface area (Å²) in [6.45, 7) is 0.447. The fraction of sp³-hybridized carbons (Fsp3) is 0.133. The van der Waals surface area contributed by atoms with Crippen LogP contribution in [0.25, 0.3) is 16.8 Å². The van der Waals surface area contributed by atoms with Crippen LogP contribution in [0.2, 0.25) is 0 Å². The highest BCUT2D eigenvalue weighted by atomic mass is 16.5. The van der Waals surface area contributed by atoms with E-state index in [0.29, 0.717) is 23.3 Å². The second-order valence-electron chi connectivity index (χ2n) is 4.22. The minimum atomic E-state index is -0.574. The number of fused-ring (bicyclic) bond motifs is 3. The third-order valence-electron chi connectivity index (χ3n) is 3.18. The number of esters is 1. The SMILES string of the molecule is COC(=O)c1c2c(c3ccccc3c1O)OCC=C2. The molecule has 3 rings (SSSR count). The molecule has 4 nitrogen and oxygen atoms in total. The van der Waals surface area contributed by atoms with Crippen molar-refractivity contribution in [3.05, 3.63) is 41.5 Å². The van der Waals surface area contributed by atoms with Crippen molar-refractivity contribution in [1.29, 1.82) is 0 Å². The van der Waals surface area contributed by atoms with Crippen molar-refractivity contribution in [2.75, 3.05) is 13.7 Å². The van der Waals surface area contributed by atoms with E-state index in [-0.39, 0.29) is 11.3 Å². The van der Waals surface area contributed by atoms with E-state index >= 15 is 0 Å². The van der Waals surface area contributed by atoms with Crippen LogP contribution in [-0.4, -0.2) is 24.8 Å². The van der Waals surface area contributed by atoms with Gasteiger partial charge in [0.2, 0.25) is 0 Å². The van der Waals surface area contributed by atoms with Gasteiger partial charge in [-0.3, -0.25) is 0 Å². The predicted molar refractivity (Wildman–Crippen MR) is 71.5 cm³/mol. The van der Waals surface area contributed by atoms with Crippen molar-refractivity contribution in [3.63, 3.8) is 0 Å². The van der Waals surface area contributed by atoms with Gasteiger partial charge in [-0.15, -0.1) is 0 Å². The molecule has 0 atom stereocenters. The van der Waals surface area contributed by atoms with Crippen LogP contribution >= 0.6 is 0 Å². The molecule has 1 heterocycles. The minimum Gasteiger partial charge on any atom is -0.506 e. The van der Waals surface area contributed by atoms with E-state index in [9.17, 15) is 9.90 Å². The Kier molecular flexibility index (Phi) is 2.63. The summed E-state index contributed by atoms with van der Waals surface area (Å²) in [6.07, 6.45) is 3.57. The zero-order chi connectivity index (χ0) is 13.4. The number of aromatic hydroxyl groups is 1. The second kappa shape index (κ2) is 4.31. The molecule has 0 fully saturated rings. The smallest absolute Gasteiger partial charge is 0.342 e. The monoisotopic (exact) mass is 256 g/mol. The molecule has 0 saturated carbocycles. The number of carbonyl (C=O) groups excluding carboxylic acids is 1. The van der Waals surface area contributed by atoms with E-state index in [1.165, 1.54) is 7.11 Å². The topological polar surface area (TPSA) is 55.8 Å². The van der Waals surface area contributed by atoms with E-state index in [1.807, 2.05) is 12.1 Å². The zero-order valence-corrected chi connectivity index (χ0v) is 10.3. The summed E-state index contributed by atoms with van der Waals surface area (Å²) < 4.78 is 10.4. The number of hydrogen-bond acceptors (Lipinski definition) is 4. The molecule has 0 unspecified atom stereocenters. The number of hydrogen-bond donors (Lipinski definition) is 1. The second-order valence-corrected chi connectivity index (χ2v) is 4.22. The van der Waals surface area contributed by atoms with Crippen molar-refractivity contribution < 1.29 is 19.4 Å². The average Bonchev–Trinajstić information content (AvgIpc) is 2.47. The fourth-order valence-corrected chi connectivity index (χ4v) is 2.33. The molecule has 4 heteroatoms. The molecule has 0 saturated heterocycles. The van der Waals surface area contributed by atoms with E-state index in [0.717, 1.165) is 5.39 Å². The Morgan fingerprint density at radius 1 is 1.32 bits per heavy atom. The quantitative estimate of drug-likeness (QED) is 0.797. The van der Waals surface area contributed by atoms with E-state index in [1.54, 1.807) is 24.3 Å². The first-order chi connectivity index (χ1) is 9.24. The Balaban J connectivity index is 2.46. The van der Waals surface area contributed by atoms with Gasteiger partial charge in [-0.25, -0.2) is 4.79 Å². The third kappa shape index (κ3) is 1.64. The summed E-state index contributed by atoms with van der Waals surface area (Å²) in [6, 6.07) is 7.27. The zero-order valence-electron chi connectivity index (χ0n) is 10.3. The summed E-state index contributed by atoms with van der Waals surface area (Å²) in [5, 5.41) is 11.7. The first-order valence-electron chi connectivity index (χ1n) is 5.89. The number of methoxy groups -OCH3 is 1. The van der Waals surface area contributed by atoms with Crippen LogP contribution in [0.1, 0.15) is 15.9 Å². The van der Waals surface area contributed by atoms with Crippen molar-refractivity contribution in [1.82, 2.24) is 0 Å². The van der Waals surface area contributed by atoms with Crippen LogP contribution < -0.4 is 4.74 Å². The van der Waals surface area contributed by atoms with Gasteiger partial charge in [-0.2, -0.15) is 0 Å². The van der Waals surface area contributed by atoms with E-state index in [4.69, 9.17) is 9.47 Å². The number of carbonyl (C=O) groups is 1. The molecule has 1 N–H and O–H groups in total. The third-order valence-corrected chi connectivity index (χ3v) is 3.18. The van der Waals surface area contributed by atoms with Gasteiger partial charge in [0.15, 0.2) is 0 Å². The van der Waals surface area contributed by atoms with Crippen molar-refractivity contribution in [2.24, 2.45) is 0 Å². The molecule has 0 aromatic heterocycles. The van der Waals surface area contributed by atoms with Crippen LogP contribution in [0, 0.1) is 0 Å². The van der Waals surface area contributed by atoms with Crippen molar-refractivity contribution in [2.45, 2.75) is 0 Å². The molecular formula is C15H12O4. The lowest BCUT2D eigenvalue weighted by atomic mass is 9.96. The largest absolute Gasteiger partial charge is 0.506 e.